The Labute approximate surface area is 186 Å². The van der Waals surface area contributed by atoms with Gasteiger partial charge in [0, 0.05) is 29.9 Å². The van der Waals surface area contributed by atoms with E-state index in [-0.39, 0.29) is 11.1 Å². The van der Waals surface area contributed by atoms with Crippen LogP contribution in [0.3, 0.4) is 0 Å². The van der Waals surface area contributed by atoms with Crippen molar-refractivity contribution in [3.63, 3.8) is 0 Å². The summed E-state index contributed by atoms with van der Waals surface area (Å²) in [6.07, 6.45) is 7.72. The van der Waals surface area contributed by atoms with Gasteiger partial charge in [-0.1, -0.05) is 74.5 Å². The van der Waals surface area contributed by atoms with Gasteiger partial charge >= 0.3 is 0 Å². The number of hydrogen-bond acceptors (Lipinski definition) is 4. The molecule has 0 amide bonds. The fourth-order valence-electron chi connectivity index (χ4n) is 4.92. The SMILES string of the molecule is CC(C)(CCCc1ncc2c(n1)CCCC2N)[Si](O)(c1ccccc1)c1ccccc1. The van der Waals surface area contributed by atoms with Crippen LogP contribution in [0.4, 0.5) is 0 Å². The monoisotopic (exact) mass is 431 g/mol. The van der Waals surface area contributed by atoms with Crippen LogP contribution in [0.5, 0.6) is 0 Å². The molecule has 1 aromatic heterocycles. The Balaban J connectivity index is 1.54. The molecule has 1 atom stereocenters. The van der Waals surface area contributed by atoms with Crippen molar-refractivity contribution < 1.29 is 4.80 Å². The van der Waals surface area contributed by atoms with Crippen molar-refractivity contribution in [1.82, 2.24) is 9.97 Å². The highest BCUT2D eigenvalue weighted by atomic mass is 28.4. The van der Waals surface area contributed by atoms with Gasteiger partial charge in [0.25, 0.3) is 8.32 Å². The van der Waals surface area contributed by atoms with Gasteiger partial charge in [0.15, 0.2) is 0 Å². The minimum Gasteiger partial charge on any atom is -0.424 e. The smallest absolute Gasteiger partial charge is 0.258 e. The molecule has 1 unspecified atom stereocenters. The Morgan fingerprint density at radius 2 is 1.65 bits per heavy atom. The molecule has 0 fully saturated rings. The van der Waals surface area contributed by atoms with Gasteiger partial charge in [0.05, 0.1) is 0 Å². The molecule has 5 heteroatoms. The molecule has 31 heavy (non-hydrogen) atoms. The van der Waals surface area contributed by atoms with Gasteiger partial charge in [-0.2, -0.15) is 0 Å². The van der Waals surface area contributed by atoms with E-state index in [4.69, 9.17) is 10.7 Å². The number of fused-ring (bicyclic) bond motifs is 1. The summed E-state index contributed by atoms with van der Waals surface area (Å²) in [4.78, 5) is 21.7. The molecule has 2 aromatic carbocycles. The summed E-state index contributed by atoms with van der Waals surface area (Å²) >= 11 is 0. The van der Waals surface area contributed by atoms with Crippen LogP contribution in [0.1, 0.15) is 62.7 Å². The molecule has 4 nitrogen and oxygen atoms in total. The average Bonchev–Trinajstić information content (AvgIpc) is 2.79. The number of hydrogen-bond donors (Lipinski definition) is 2. The van der Waals surface area contributed by atoms with E-state index in [1.54, 1.807) is 0 Å². The molecule has 1 aliphatic rings. The summed E-state index contributed by atoms with van der Waals surface area (Å²) in [6, 6.07) is 20.5. The molecule has 3 aromatic rings. The van der Waals surface area contributed by atoms with E-state index in [2.05, 4.69) is 43.1 Å². The van der Waals surface area contributed by atoms with Gasteiger partial charge in [-0.05, 0) is 47.5 Å². The highest BCUT2D eigenvalue weighted by Crippen LogP contribution is 2.40. The zero-order valence-corrected chi connectivity index (χ0v) is 19.6. The zero-order chi connectivity index (χ0) is 21.9. The van der Waals surface area contributed by atoms with Gasteiger partial charge in [-0.25, -0.2) is 9.97 Å². The first-order valence-electron chi connectivity index (χ1n) is 11.4. The van der Waals surface area contributed by atoms with Crippen LogP contribution in [0.2, 0.25) is 5.04 Å². The molecule has 1 aliphatic carbocycles. The maximum atomic E-state index is 12.3. The van der Waals surface area contributed by atoms with Crippen molar-refractivity contribution in [1.29, 1.82) is 0 Å². The lowest BCUT2D eigenvalue weighted by atomic mass is 9.93. The molecule has 0 spiro atoms. The summed E-state index contributed by atoms with van der Waals surface area (Å²) < 4.78 is 0. The summed E-state index contributed by atoms with van der Waals surface area (Å²) in [6.45, 7) is 4.43. The van der Waals surface area contributed by atoms with E-state index in [9.17, 15) is 4.80 Å². The number of rotatable bonds is 7. The zero-order valence-electron chi connectivity index (χ0n) is 18.6. The maximum Gasteiger partial charge on any atom is 0.258 e. The third-order valence-corrected chi connectivity index (χ3v) is 11.4. The Kier molecular flexibility index (Phi) is 6.37. The molecule has 1 heterocycles. The molecule has 4 rings (SSSR count). The Morgan fingerprint density at radius 3 is 2.26 bits per heavy atom. The lowest BCUT2D eigenvalue weighted by Gasteiger charge is -2.41. The van der Waals surface area contributed by atoms with Crippen molar-refractivity contribution in [2.24, 2.45) is 5.73 Å². The number of aryl methyl sites for hydroxylation is 2. The van der Waals surface area contributed by atoms with E-state index < -0.39 is 8.32 Å². The van der Waals surface area contributed by atoms with E-state index in [1.165, 1.54) is 0 Å². The average molecular weight is 432 g/mol. The Bertz CT molecular complexity index is 968. The number of nitrogens with zero attached hydrogens (tertiary/aromatic N) is 2. The molecule has 0 saturated carbocycles. The topological polar surface area (TPSA) is 72.0 Å². The quantitative estimate of drug-likeness (QED) is 0.560. The molecule has 0 saturated heterocycles. The maximum absolute atomic E-state index is 12.3. The summed E-state index contributed by atoms with van der Waals surface area (Å²) in [5.74, 6) is 0.897. The fourth-order valence-corrected chi connectivity index (χ4v) is 8.70. The van der Waals surface area contributed by atoms with E-state index in [1.807, 2.05) is 42.6 Å². The normalized spacial score (nSPS) is 16.7. The summed E-state index contributed by atoms with van der Waals surface area (Å²) in [7, 11) is -2.96. The second kappa shape index (κ2) is 9.03. The Morgan fingerprint density at radius 1 is 1.03 bits per heavy atom. The first-order chi connectivity index (χ1) is 14.9. The minimum atomic E-state index is -2.96. The van der Waals surface area contributed by atoms with Crippen LogP contribution in [0.25, 0.3) is 0 Å². The predicted molar refractivity (Wildman–Crippen MR) is 129 cm³/mol. The van der Waals surface area contributed by atoms with Crippen molar-refractivity contribution in [3.8, 4) is 0 Å². The first-order valence-corrected chi connectivity index (χ1v) is 13.3. The van der Waals surface area contributed by atoms with Crippen molar-refractivity contribution in [3.05, 3.63) is 83.9 Å². The van der Waals surface area contributed by atoms with Crippen LogP contribution in [0, 0.1) is 0 Å². The largest absolute Gasteiger partial charge is 0.424 e. The van der Waals surface area contributed by atoms with E-state index >= 15 is 0 Å². The molecule has 0 radical (unpaired) electrons. The van der Waals surface area contributed by atoms with Crippen LogP contribution >= 0.6 is 0 Å². The lowest BCUT2D eigenvalue weighted by Crippen LogP contribution is -2.65. The minimum absolute atomic E-state index is 0.0782. The van der Waals surface area contributed by atoms with Crippen LogP contribution in [-0.4, -0.2) is 23.1 Å². The number of aromatic nitrogens is 2. The molecule has 0 aliphatic heterocycles. The van der Waals surface area contributed by atoms with Crippen molar-refractivity contribution in [2.75, 3.05) is 0 Å². The summed E-state index contributed by atoms with van der Waals surface area (Å²) in [5.41, 5.74) is 8.45. The highest BCUT2D eigenvalue weighted by Gasteiger charge is 2.49. The molecular formula is C26H33N3OSi. The van der Waals surface area contributed by atoms with Crippen molar-refractivity contribution in [2.45, 2.75) is 63.5 Å². The third-order valence-electron chi connectivity index (χ3n) is 6.84. The molecule has 3 N–H and O–H groups in total. The number of nitrogens with two attached hydrogens (primary N) is 1. The Hall–Kier alpha value is -2.34. The van der Waals surface area contributed by atoms with Crippen LogP contribution in [0.15, 0.2) is 66.9 Å². The first kappa shape index (κ1) is 21.9. The van der Waals surface area contributed by atoms with Gasteiger partial charge in [-0.3, -0.25) is 0 Å². The summed E-state index contributed by atoms with van der Waals surface area (Å²) in [5, 5.41) is 1.88. The van der Waals surface area contributed by atoms with Gasteiger partial charge in [-0.15, -0.1) is 0 Å². The second-order valence-electron chi connectivity index (χ2n) is 9.37. The molecule has 162 valence electrons. The third kappa shape index (κ3) is 4.35. The van der Waals surface area contributed by atoms with Crippen LogP contribution in [-0.2, 0) is 12.8 Å². The van der Waals surface area contributed by atoms with Gasteiger partial charge in [0.1, 0.15) is 5.82 Å². The molecule has 0 bridgehead atoms. The van der Waals surface area contributed by atoms with E-state index in [0.29, 0.717) is 0 Å². The van der Waals surface area contributed by atoms with Gasteiger partial charge in [0.2, 0.25) is 0 Å². The predicted octanol–water partition coefficient (Wildman–Crippen LogP) is 3.67. The van der Waals surface area contributed by atoms with Crippen LogP contribution < -0.4 is 16.1 Å². The standard InChI is InChI=1S/C26H33N3OSi/c1-26(2,18-10-17-25-28-19-22-23(27)15-9-16-24(22)29-25)31(30,20-11-5-3-6-12-20)21-13-7-4-8-14-21/h3-8,11-14,19,23,30H,9-10,15-18,27H2,1-2H3. The molecular weight excluding hydrogens is 398 g/mol. The van der Waals surface area contributed by atoms with E-state index in [0.717, 1.165) is 66.0 Å². The van der Waals surface area contributed by atoms with Gasteiger partial charge < -0.3 is 10.5 Å². The highest BCUT2D eigenvalue weighted by molar-refractivity contribution is 6.98. The lowest BCUT2D eigenvalue weighted by molar-refractivity contribution is 0.455. The second-order valence-corrected chi connectivity index (χ2v) is 13.3. The van der Waals surface area contributed by atoms with Crippen molar-refractivity contribution >= 4 is 18.7 Å². The number of benzene rings is 2. The fraction of sp³-hybridized carbons (Fsp3) is 0.385.